The van der Waals surface area contributed by atoms with Gasteiger partial charge in [-0.05, 0) is 50.5 Å². The molecular formula is C19H27ClN2O2. The molecule has 1 unspecified atom stereocenters. The van der Waals surface area contributed by atoms with Crippen molar-refractivity contribution in [3.63, 3.8) is 0 Å². The molecular weight excluding hydrogens is 324 g/mol. The third-order valence-corrected chi connectivity index (χ3v) is 5.28. The minimum Gasteiger partial charge on any atom is -0.356 e. The fourth-order valence-corrected chi connectivity index (χ4v) is 3.75. The predicted octanol–water partition coefficient (Wildman–Crippen LogP) is 3.99. The van der Waals surface area contributed by atoms with Crippen molar-refractivity contribution < 1.29 is 9.47 Å². The van der Waals surface area contributed by atoms with Gasteiger partial charge in [-0.2, -0.15) is 5.26 Å². The van der Waals surface area contributed by atoms with Crippen LogP contribution in [-0.4, -0.2) is 45.0 Å². The molecule has 1 saturated heterocycles. The van der Waals surface area contributed by atoms with Crippen LogP contribution < -0.4 is 0 Å². The molecule has 0 saturated carbocycles. The second-order valence-corrected chi connectivity index (χ2v) is 6.84. The Bertz CT molecular complexity index is 551. The van der Waals surface area contributed by atoms with Gasteiger partial charge in [0.25, 0.3) is 0 Å². The highest BCUT2D eigenvalue weighted by molar-refractivity contribution is 6.31. The van der Waals surface area contributed by atoms with Crippen LogP contribution in [0.2, 0.25) is 5.02 Å². The van der Waals surface area contributed by atoms with E-state index < -0.39 is 11.7 Å². The summed E-state index contributed by atoms with van der Waals surface area (Å²) in [5.41, 5.74) is 0.150. The largest absolute Gasteiger partial charge is 0.356 e. The van der Waals surface area contributed by atoms with E-state index in [-0.39, 0.29) is 0 Å². The Morgan fingerprint density at radius 2 is 1.88 bits per heavy atom. The molecule has 1 fully saturated rings. The highest BCUT2D eigenvalue weighted by atomic mass is 35.5. The van der Waals surface area contributed by atoms with Gasteiger partial charge in [0.2, 0.25) is 0 Å². The van der Waals surface area contributed by atoms with E-state index in [0.29, 0.717) is 11.4 Å². The van der Waals surface area contributed by atoms with Gasteiger partial charge in [-0.1, -0.05) is 36.2 Å². The van der Waals surface area contributed by atoms with Crippen LogP contribution in [-0.2, 0) is 14.9 Å². The van der Waals surface area contributed by atoms with Crippen LogP contribution in [0.15, 0.2) is 24.3 Å². The van der Waals surface area contributed by atoms with Gasteiger partial charge in [0.15, 0.2) is 6.29 Å². The first-order valence-corrected chi connectivity index (χ1v) is 8.97. The molecule has 5 heteroatoms. The van der Waals surface area contributed by atoms with E-state index in [1.54, 1.807) is 14.2 Å². The lowest BCUT2D eigenvalue weighted by molar-refractivity contribution is -0.114. The normalized spacial score (nSPS) is 18.3. The van der Waals surface area contributed by atoms with Gasteiger partial charge in [-0.25, -0.2) is 0 Å². The molecule has 1 aromatic rings. The standard InChI is InChI=1S/C19H27ClN2O2/c1-23-18(24-2)14-19(15-21,16-8-4-5-9-17(16)20)10-13-22-11-6-3-7-12-22/h4-5,8-9,18H,3,6-7,10-14H2,1-2H3. The highest BCUT2D eigenvalue weighted by Gasteiger charge is 2.37. The van der Waals surface area contributed by atoms with Crippen LogP contribution in [0.1, 0.15) is 37.7 Å². The van der Waals surface area contributed by atoms with Crippen LogP contribution in [0.4, 0.5) is 0 Å². The van der Waals surface area contributed by atoms with Crippen molar-refractivity contribution in [1.82, 2.24) is 4.90 Å². The number of halogens is 1. The molecule has 1 atom stereocenters. The molecule has 0 aromatic heterocycles. The Morgan fingerprint density at radius 1 is 1.21 bits per heavy atom. The Kier molecular flexibility index (Phi) is 7.51. The van der Waals surface area contributed by atoms with Gasteiger partial charge in [0.05, 0.1) is 11.5 Å². The van der Waals surface area contributed by atoms with Crippen molar-refractivity contribution in [2.45, 2.75) is 43.8 Å². The number of ether oxygens (including phenoxy) is 2. The zero-order valence-electron chi connectivity index (χ0n) is 14.6. The van der Waals surface area contributed by atoms with E-state index in [4.69, 9.17) is 21.1 Å². The summed E-state index contributed by atoms with van der Waals surface area (Å²) in [6.07, 6.45) is 4.54. The van der Waals surface area contributed by atoms with Crippen LogP contribution in [0, 0.1) is 11.3 Å². The van der Waals surface area contributed by atoms with E-state index in [1.807, 2.05) is 24.3 Å². The molecule has 1 aliphatic heterocycles. The third-order valence-electron chi connectivity index (χ3n) is 4.95. The Morgan fingerprint density at radius 3 is 2.46 bits per heavy atom. The first kappa shape index (κ1) is 19.2. The number of methoxy groups -OCH3 is 2. The zero-order valence-corrected chi connectivity index (χ0v) is 15.4. The maximum Gasteiger partial charge on any atom is 0.158 e. The number of piperidine rings is 1. The average Bonchev–Trinajstić information content (AvgIpc) is 2.64. The van der Waals surface area contributed by atoms with Gasteiger partial charge in [-0.3, -0.25) is 0 Å². The molecule has 4 nitrogen and oxygen atoms in total. The number of benzene rings is 1. The summed E-state index contributed by atoms with van der Waals surface area (Å²) in [6, 6.07) is 10.2. The van der Waals surface area contributed by atoms with Gasteiger partial charge >= 0.3 is 0 Å². The lowest BCUT2D eigenvalue weighted by Gasteiger charge is -2.34. The maximum atomic E-state index is 10.1. The van der Waals surface area contributed by atoms with E-state index in [2.05, 4.69) is 11.0 Å². The molecule has 1 aromatic carbocycles. The summed E-state index contributed by atoms with van der Waals surface area (Å²) < 4.78 is 10.8. The fourth-order valence-electron chi connectivity index (χ4n) is 3.44. The maximum absolute atomic E-state index is 10.1. The zero-order chi connectivity index (χ0) is 17.4. The number of hydrogen-bond donors (Lipinski definition) is 0. The molecule has 0 spiro atoms. The quantitative estimate of drug-likeness (QED) is 0.665. The lowest BCUT2D eigenvalue weighted by atomic mass is 9.75. The smallest absolute Gasteiger partial charge is 0.158 e. The number of rotatable bonds is 8. The van der Waals surface area contributed by atoms with Crippen LogP contribution in [0.5, 0.6) is 0 Å². The number of hydrogen-bond acceptors (Lipinski definition) is 4. The van der Waals surface area contributed by atoms with E-state index in [0.717, 1.165) is 31.6 Å². The first-order valence-electron chi connectivity index (χ1n) is 8.59. The molecule has 24 heavy (non-hydrogen) atoms. The van der Waals surface area contributed by atoms with Gasteiger partial charge < -0.3 is 14.4 Å². The Labute approximate surface area is 150 Å². The summed E-state index contributed by atoms with van der Waals surface area (Å²) in [5.74, 6) is 0. The van der Waals surface area contributed by atoms with Crippen molar-refractivity contribution in [1.29, 1.82) is 5.26 Å². The van der Waals surface area contributed by atoms with Gasteiger partial charge in [-0.15, -0.1) is 0 Å². The van der Waals surface area contributed by atoms with E-state index in [1.165, 1.54) is 19.3 Å². The minimum atomic E-state index is -0.716. The summed E-state index contributed by atoms with van der Waals surface area (Å²) in [4.78, 5) is 2.45. The molecule has 132 valence electrons. The second-order valence-electron chi connectivity index (χ2n) is 6.43. The molecule has 2 rings (SSSR count). The molecule has 0 N–H and O–H groups in total. The average molecular weight is 351 g/mol. The van der Waals surface area contributed by atoms with Crippen molar-refractivity contribution >= 4 is 11.6 Å². The van der Waals surface area contributed by atoms with Crippen LogP contribution in [0.25, 0.3) is 0 Å². The van der Waals surface area contributed by atoms with Crippen LogP contribution in [0.3, 0.4) is 0 Å². The third kappa shape index (κ3) is 4.70. The van der Waals surface area contributed by atoms with Crippen molar-refractivity contribution in [3.05, 3.63) is 34.9 Å². The van der Waals surface area contributed by atoms with Crippen molar-refractivity contribution in [2.24, 2.45) is 0 Å². The molecule has 0 radical (unpaired) electrons. The van der Waals surface area contributed by atoms with E-state index >= 15 is 0 Å². The number of likely N-dealkylation sites (tertiary alicyclic amines) is 1. The Balaban J connectivity index is 2.25. The summed E-state index contributed by atoms with van der Waals surface area (Å²) in [6.45, 7) is 3.11. The SMILES string of the molecule is COC(CC(C#N)(CCN1CCCCC1)c1ccccc1Cl)OC. The van der Waals surface area contributed by atoms with E-state index in [9.17, 15) is 5.26 Å². The van der Waals surface area contributed by atoms with Gasteiger partial charge in [0.1, 0.15) is 0 Å². The molecule has 1 heterocycles. The predicted molar refractivity (Wildman–Crippen MR) is 96.1 cm³/mol. The molecule has 1 aliphatic rings. The molecule has 0 aliphatic carbocycles. The summed E-state index contributed by atoms with van der Waals surface area (Å²) in [5, 5.41) is 10.7. The lowest BCUT2D eigenvalue weighted by Crippen LogP contribution is -2.38. The highest BCUT2D eigenvalue weighted by Crippen LogP contribution is 2.38. The fraction of sp³-hybridized carbons (Fsp3) is 0.632. The summed E-state index contributed by atoms with van der Waals surface area (Å²) in [7, 11) is 3.21. The van der Waals surface area contributed by atoms with Crippen molar-refractivity contribution in [3.8, 4) is 6.07 Å². The van der Waals surface area contributed by atoms with Gasteiger partial charge in [0, 0.05) is 25.7 Å². The number of nitriles is 1. The van der Waals surface area contributed by atoms with Crippen LogP contribution >= 0.6 is 11.6 Å². The van der Waals surface area contributed by atoms with Crippen molar-refractivity contribution in [2.75, 3.05) is 33.9 Å². The molecule has 0 amide bonds. The monoisotopic (exact) mass is 350 g/mol. The summed E-state index contributed by atoms with van der Waals surface area (Å²) >= 11 is 6.43. The topological polar surface area (TPSA) is 45.5 Å². The second kappa shape index (κ2) is 9.39. The first-order chi connectivity index (χ1) is 11.6. The number of nitrogens with zero attached hydrogens (tertiary/aromatic N) is 2. The molecule has 0 bridgehead atoms. The minimum absolute atomic E-state index is 0.428. The Hall–Kier alpha value is -1.12.